The molecule has 0 spiro atoms. The van der Waals surface area contributed by atoms with E-state index in [-0.39, 0.29) is 16.4 Å². The van der Waals surface area contributed by atoms with Crippen LogP contribution >= 0.6 is 0 Å². The van der Waals surface area contributed by atoms with Crippen molar-refractivity contribution in [1.29, 1.82) is 0 Å². The normalized spacial score (nSPS) is 14.1. The maximum absolute atomic E-state index is 12.7. The van der Waals surface area contributed by atoms with Crippen LogP contribution in [0.25, 0.3) is 5.69 Å². The maximum atomic E-state index is 12.7. The summed E-state index contributed by atoms with van der Waals surface area (Å²) < 4.78 is 33.8. The minimum Gasteiger partial charge on any atom is -0.452 e. The van der Waals surface area contributed by atoms with Crippen LogP contribution in [0.3, 0.4) is 0 Å². The van der Waals surface area contributed by atoms with Crippen molar-refractivity contribution < 1.29 is 22.7 Å². The fourth-order valence-corrected chi connectivity index (χ4v) is 5.27. The number of esters is 1. The number of sulfonamides is 1. The van der Waals surface area contributed by atoms with Crippen molar-refractivity contribution in [2.45, 2.75) is 24.3 Å². The van der Waals surface area contributed by atoms with E-state index >= 15 is 0 Å². The first-order valence-corrected chi connectivity index (χ1v) is 12.4. The number of benzene rings is 2. The lowest BCUT2D eigenvalue weighted by Gasteiger charge is -2.17. The highest BCUT2D eigenvalue weighted by Crippen LogP contribution is 2.22. The first-order chi connectivity index (χ1) is 16.3. The Hall–Kier alpha value is -3.50. The number of aromatic nitrogens is 2. The molecular formula is C24H26N4O5S. The molecule has 0 aliphatic carbocycles. The van der Waals surface area contributed by atoms with Crippen molar-refractivity contribution in [3.05, 3.63) is 78.1 Å². The van der Waals surface area contributed by atoms with E-state index in [1.54, 1.807) is 17.9 Å². The van der Waals surface area contributed by atoms with Gasteiger partial charge in [0.25, 0.3) is 5.91 Å². The van der Waals surface area contributed by atoms with Gasteiger partial charge >= 0.3 is 5.97 Å². The highest BCUT2D eigenvalue weighted by Gasteiger charge is 2.28. The molecule has 0 saturated carbocycles. The van der Waals surface area contributed by atoms with Gasteiger partial charge in [-0.2, -0.15) is 9.40 Å². The third-order valence-corrected chi connectivity index (χ3v) is 7.50. The largest absolute Gasteiger partial charge is 0.452 e. The lowest BCUT2D eigenvalue weighted by molar-refractivity contribution is -0.133. The van der Waals surface area contributed by atoms with Crippen molar-refractivity contribution in [1.82, 2.24) is 19.0 Å². The minimum atomic E-state index is -3.65. The fourth-order valence-electron chi connectivity index (χ4n) is 3.71. The molecule has 1 fully saturated rings. The second kappa shape index (κ2) is 10.2. The van der Waals surface area contributed by atoms with Crippen molar-refractivity contribution in [2.75, 3.05) is 26.7 Å². The molecule has 9 nitrogen and oxygen atoms in total. The SMILES string of the molecule is CN(Cc1cnn(-c2ccccc2)c1)C(=O)COC(=O)c1cccc(S(=O)(=O)N2CCCC2)c1. The number of carbonyl (C=O) groups excluding carboxylic acids is 2. The van der Waals surface area contributed by atoms with Crippen LogP contribution in [0.2, 0.25) is 0 Å². The van der Waals surface area contributed by atoms with Gasteiger partial charge in [-0.25, -0.2) is 17.9 Å². The van der Waals surface area contributed by atoms with E-state index in [4.69, 9.17) is 4.74 Å². The number of hydrogen-bond acceptors (Lipinski definition) is 6. The van der Waals surface area contributed by atoms with Gasteiger partial charge in [-0.05, 0) is 43.2 Å². The van der Waals surface area contributed by atoms with Crippen LogP contribution in [0.1, 0.15) is 28.8 Å². The molecule has 1 saturated heterocycles. The zero-order chi connectivity index (χ0) is 24.1. The summed E-state index contributed by atoms with van der Waals surface area (Å²) in [5, 5.41) is 4.31. The molecule has 1 aliphatic rings. The molecule has 0 atom stereocenters. The van der Waals surface area contributed by atoms with Crippen molar-refractivity contribution in [2.24, 2.45) is 0 Å². The van der Waals surface area contributed by atoms with Gasteiger partial charge < -0.3 is 9.64 Å². The smallest absolute Gasteiger partial charge is 0.338 e. The van der Waals surface area contributed by atoms with Crippen LogP contribution in [0.15, 0.2) is 71.9 Å². The van der Waals surface area contributed by atoms with E-state index < -0.39 is 22.6 Å². The van der Waals surface area contributed by atoms with Crippen LogP contribution in [0.5, 0.6) is 0 Å². The van der Waals surface area contributed by atoms with E-state index in [2.05, 4.69) is 5.10 Å². The lowest BCUT2D eigenvalue weighted by Crippen LogP contribution is -2.31. The average Bonchev–Trinajstić information content (AvgIpc) is 3.56. The van der Waals surface area contributed by atoms with Gasteiger partial charge in [0.1, 0.15) is 0 Å². The molecule has 1 amide bonds. The van der Waals surface area contributed by atoms with Crippen molar-refractivity contribution in [3.63, 3.8) is 0 Å². The number of ether oxygens (including phenoxy) is 1. The van der Waals surface area contributed by atoms with E-state index in [0.29, 0.717) is 19.6 Å². The molecule has 2 heterocycles. The van der Waals surface area contributed by atoms with Crippen molar-refractivity contribution in [3.8, 4) is 5.69 Å². The Labute approximate surface area is 198 Å². The Kier molecular flexibility index (Phi) is 7.09. The van der Waals surface area contributed by atoms with Gasteiger partial charge in [0.2, 0.25) is 10.0 Å². The standard InChI is InChI=1S/C24H26N4O5S/c1-26(16-19-15-25-28(17-19)21-9-3-2-4-10-21)23(29)18-33-24(30)20-8-7-11-22(14-20)34(31,32)27-12-5-6-13-27/h2-4,7-11,14-15,17H,5-6,12-13,16,18H2,1H3. The number of nitrogens with zero attached hydrogens (tertiary/aromatic N) is 4. The summed E-state index contributed by atoms with van der Waals surface area (Å²) in [4.78, 5) is 26.4. The Balaban J connectivity index is 1.33. The summed E-state index contributed by atoms with van der Waals surface area (Å²) in [6.45, 7) is 0.794. The van der Waals surface area contributed by atoms with Gasteiger partial charge in [0.05, 0.1) is 22.3 Å². The minimum absolute atomic E-state index is 0.0442. The van der Waals surface area contributed by atoms with E-state index in [0.717, 1.165) is 24.1 Å². The first-order valence-electron chi connectivity index (χ1n) is 10.9. The fraction of sp³-hybridized carbons (Fsp3) is 0.292. The summed E-state index contributed by atoms with van der Waals surface area (Å²) >= 11 is 0. The van der Waals surface area contributed by atoms with Crippen LogP contribution < -0.4 is 0 Å². The van der Waals surface area contributed by atoms with Crippen LogP contribution in [-0.4, -0.2) is 66.0 Å². The molecule has 1 aromatic heterocycles. The molecule has 178 valence electrons. The van der Waals surface area contributed by atoms with Crippen LogP contribution in [0.4, 0.5) is 0 Å². The Morgan fingerprint density at radius 2 is 1.79 bits per heavy atom. The van der Waals surface area contributed by atoms with Gasteiger partial charge in [-0.15, -0.1) is 0 Å². The second-order valence-electron chi connectivity index (χ2n) is 8.09. The summed E-state index contributed by atoms with van der Waals surface area (Å²) in [6.07, 6.45) is 5.15. The molecule has 0 N–H and O–H groups in total. The molecule has 34 heavy (non-hydrogen) atoms. The predicted molar refractivity (Wildman–Crippen MR) is 125 cm³/mol. The third-order valence-electron chi connectivity index (χ3n) is 5.60. The quantitative estimate of drug-likeness (QED) is 0.457. The Morgan fingerprint density at radius 1 is 1.06 bits per heavy atom. The molecule has 4 rings (SSSR count). The zero-order valence-corrected chi connectivity index (χ0v) is 19.6. The number of rotatable bonds is 8. The van der Waals surface area contributed by atoms with Gasteiger partial charge in [0.15, 0.2) is 6.61 Å². The Bertz CT molecular complexity index is 1270. The molecule has 10 heteroatoms. The van der Waals surface area contributed by atoms with Crippen LogP contribution in [0, 0.1) is 0 Å². The molecule has 1 aliphatic heterocycles. The van der Waals surface area contributed by atoms with Crippen molar-refractivity contribution >= 4 is 21.9 Å². The van der Waals surface area contributed by atoms with Gasteiger partial charge in [-0.1, -0.05) is 24.3 Å². The summed E-state index contributed by atoms with van der Waals surface area (Å²) in [5.41, 5.74) is 1.82. The topological polar surface area (TPSA) is 102 Å². The summed E-state index contributed by atoms with van der Waals surface area (Å²) in [6, 6.07) is 15.3. The lowest BCUT2D eigenvalue weighted by atomic mass is 10.2. The molecular weight excluding hydrogens is 456 g/mol. The third kappa shape index (κ3) is 5.35. The number of para-hydroxylation sites is 1. The number of likely N-dealkylation sites (N-methyl/N-ethyl adjacent to an activating group) is 1. The first kappa shape index (κ1) is 23.7. The van der Waals surface area contributed by atoms with Gasteiger partial charge in [-0.3, -0.25) is 4.79 Å². The Morgan fingerprint density at radius 3 is 2.53 bits per heavy atom. The van der Waals surface area contributed by atoms with E-state index in [9.17, 15) is 18.0 Å². The average molecular weight is 483 g/mol. The highest BCUT2D eigenvalue weighted by molar-refractivity contribution is 7.89. The predicted octanol–water partition coefficient (Wildman–Crippen LogP) is 2.47. The monoisotopic (exact) mass is 482 g/mol. The number of carbonyl (C=O) groups is 2. The molecule has 0 unspecified atom stereocenters. The maximum Gasteiger partial charge on any atom is 0.338 e. The molecule has 0 radical (unpaired) electrons. The number of amides is 1. The zero-order valence-electron chi connectivity index (χ0n) is 18.8. The van der Waals surface area contributed by atoms with E-state index in [1.807, 2.05) is 36.5 Å². The molecule has 3 aromatic rings. The molecule has 2 aromatic carbocycles. The molecule has 0 bridgehead atoms. The highest BCUT2D eigenvalue weighted by atomic mass is 32.2. The van der Waals surface area contributed by atoms with Crippen LogP contribution in [-0.2, 0) is 26.1 Å². The summed E-state index contributed by atoms with van der Waals surface area (Å²) in [5.74, 6) is -1.14. The number of hydrogen-bond donors (Lipinski definition) is 0. The van der Waals surface area contributed by atoms with Gasteiger partial charge in [0, 0.05) is 38.4 Å². The van der Waals surface area contributed by atoms with E-state index in [1.165, 1.54) is 33.5 Å². The second-order valence-corrected chi connectivity index (χ2v) is 10.0. The summed E-state index contributed by atoms with van der Waals surface area (Å²) in [7, 11) is -2.04.